The molecule has 1 aliphatic rings. The van der Waals surface area contributed by atoms with Crippen LogP contribution < -0.4 is 5.32 Å². The largest absolute Gasteiger partial charge is 0.396 e. The molecule has 1 atom stereocenters. The Morgan fingerprint density at radius 2 is 2.15 bits per heavy atom. The highest BCUT2D eigenvalue weighted by molar-refractivity contribution is 5.89. The highest BCUT2D eigenvalue weighted by Gasteiger charge is 2.33. The first kappa shape index (κ1) is 16.9. The van der Waals surface area contributed by atoms with Gasteiger partial charge in [0.15, 0.2) is 0 Å². The van der Waals surface area contributed by atoms with Crippen LogP contribution >= 0.6 is 0 Å². The molecule has 0 aromatic carbocycles. The number of hydrogen-bond donors (Lipinski definition) is 2. The Labute approximate surface area is 120 Å². The molecule has 1 aliphatic heterocycles. The first-order chi connectivity index (χ1) is 9.69. The van der Waals surface area contributed by atoms with Gasteiger partial charge in [-0.15, -0.1) is 0 Å². The van der Waals surface area contributed by atoms with Crippen molar-refractivity contribution in [3.63, 3.8) is 0 Å². The first-order valence-electron chi connectivity index (χ1n) is 7.34. The molecule has 1 rings (SSSR count). The highest BCUT2D eigenvalue weighted by Crippen LogP contribution is 2.17. The fraction of sp³-hybridized carbons (Fsp3) is 0.857. The second-order valence-corrected chi connectivity index (χ2v) is 5.16. The molecule has 2 amide bonds. The molecule has 1 heterocycles. The van der Waals surface area contributed by atoms with Crippen LogP contribution in [0.2, 0.25) is 0 Å². The fourth-order valence-corrected chi connectivity index (χ4v) is 2.31. The number of amides is 2. The average Bonchev–Trinajstić information content (AvgIpc) is 2.81. The smallest absolute Gasteiger partial charge is 0.225 e. The predicted molar refractivity (Wildman–Crippen MR) is 75.1 cm³/mol. The van der Waals surface area contributed by atoms with Crippen LogP contribution in [0, 0.1) is 5.92 Å². The number of methoxy groups -OCH3 is 1. The van der Waals surface area contributed by atoms with Gasteiger partial charge in [-0.2, -0.15) is 0 Å². The molecular formula is C14H26N2O4. The van der Waals surface area contributed by atoms with E-state index in [0.29, 0.717) is 32.7 Å². The third-order valence-electron chi connectivity index (χ3n) is 3.53. The highest BCUT2D eigenvalue weighted by atomic mass is 16.5. The van der Waals surface area contributed by atoms with E-state index in [9.17, 15) is 9.59 Å². The van der Waals surface area contributed by atoms with Crippen LogP contribution in [-0.2, 0) is 14.3 Å². The number of hydrogen-bond acceptors (Lipinski definition) is 4. The Balaban J connectivity index is 2.16. The lowest BCUT2D eigenvalue weighted by Gasteiger charge is -2.15. The van der Waals surface area contributed by atoms with E-state index in [1.54, 1.807) is 12.0 Å². The second-order valence-electron chi connectivity index (χ2n) is 5.16. The molecule has 2 N–H and O–H groups in total. The zero-order valence-corrected chi connectivity index (χ0v) is 12.3. The lowest BCUT2D eigenvalue weighted by Crippen LogP contribution is -2.34. The van der Waals surface area contributed by atoms with Crippen molar-refractivity contribution < 1.29 is 19.4 Å². The molecule has 1 unspecified atom stereocenters. The van der Waals surface area contributed by atoms with Crippen molar-refractivity contribution in [2.24, 2.45) is 5.92 Å². The number of ether oxygens (including phenoxy) is 1. The molecule has 0 bridgehead atoms. The van der Waals surface area contributed by atoms with E-state index in [1.165, 1.54) is 0 Å². The number of carbonyl (C=O) groups is 2. The summed E-state index contributed by atoms with van der Waals surface area (Å²) < 4.78 is 4.95. The van der Waals surface area contributed by atoms with Gasteiger partial charge < -0.3 is 20.1 Å². The summed E-state index contributed by atoms with van der Waals surface area (Å²) in [6.45, 7) is 2.44. The summed E-state index contributed by atoms with van der Waals surface area (Å²) in [7, 11) is 1.60. The molecule has 0 aromatic rings. The lowest BCUT2D eigenvalue weighted by molar-refractivity contribution is -0.129. The van der Waals surface area contributed by atoms with E-state index >= 15 is 0 Å². The summed E-state index contributed by atoms with van der Waals surface area (Å²) in [6, 6.07) is 0. The molecule has 1 saturated heterocycles. The number of likely N-dealkylation sites (tertiary alicyclic amines) is 1. The van der Waals surface area contributed by atoms with E-state index in [-0.39, 0.29) is 24.3 Å². The Bertz CT molecular complexity index is 310. The van der Waals surface area contributed by atoms with Crippen LogP contribution in [0.5, 0.6) is 0 Å². The van der Waals surface area contributed by atoms with Crippen molar-refractivity contribution in [3.8, 4) is 0 Å². The van der Waals surface area contributed by atoms with Crippen molar-refractivity contribution in [2.75, 3.05) is 40.0 Å². The molecule has 0 radical (unpaired) electrons. The maximum Gasteiger partial charge on any atom is 0.225 e. The summed E-state index contributed by atoms with van der Waals surface area (Å²) in [5, 5.41) is 11.5. The average molecular weight is 286 g/mol. The van der Waals surface area contributed by atoms with Gasteiger partial charge in [0.1, 0.15) is 0 Å². The lowest BCUT2D eigenvalue weighted by atomic mass is 10.1. The van der Waals surface area contributed by atoms with Crippen molar-refractivity contribution in [1.82, 2.24) is 10.2 Å². The standard InChI is InChI=1S/C14H26N2O4/c1-20-9-7-16-11-12(10-13(16)18)14(19)15-6-4-2-3-5-8-17/h12,17H,2-11H2,1H3,(H,15,19). The van der Waals surface area contributed by atoms with Gasteiger partial charge in [0, 0.05) is 39.8 Å². The number of nitrogens with one attached hydrogen (secondary N) is 1. The Kier molecular flexibility index (Phi) is 8.22. The Morgan fingerprint density at radius 3 is 2.85 bits per heavy atom. The minimum absolute atomic E-state index is 0.0274. The quantitative estimate of drug-likeness (QED) is 0.560. The summed E-state index contributed by atoms with van der Waals surface area (Å²) in [4.78, 5) is 25.3. The minimum atomic E-state index is -0.225. The van der Waals surface area contributed by atoms with Gasteiger partial charge >= 0.3 is 0 Å². The fourth-order valence-electron chi connectivity index (χ4n) is 2.31. The summed E-state index contributed by atoms with van der Waals surface area (Å²) in [5.74, 6) is -0.220. The van der Waals surface area contributed by atoms with Crippen molar-refractivity contribution in [2.45, 2.75) is 32.1 Å². The van der Waals surface area contributed by atoms with Crippen LogP contribution in [0.3, 0.4) is 0 Å². The summed E-state index contributed by atoms with van der Waals surface area (Å²) in [6.07, 6.45) is 4.03. The number of aliphatic hydroxyl groups excluding tert-OH is 1. The SMILES string of the molecule is COCCN1CC(C(=O)NCCCCCCO)CC1=O. The number of aliphatic hydroxyl groups is 1. The molecule has 0 spiro atoms. The molecule has 116 valence electrons. The zero-order chi connectivity index (χ0) is 14.8. The van der Waals surface area contributed by atoms with Crippen LogP contribution in [-0.4, -0.2) is 61.8 Å². The monoisotopic (exact) mass is 286 g/mol. The molecule has 0 saturated carbocycles. The van der Waals surface area contributed by atoms with E-state index in [0.717, 1.165) is 25.7 Å². The number of carbonyl (C=O) groups excluding carboxylic acids is 2. The number of nitrogens with zero attached hydrogens (tertiary/aromatic N) is 1. The maximum atomic E-state index is 11.9. The van der Waals surface area contributed by atoms with Gasteiger partial charge in [0.25, 0.3) is 0 Å². The van der Waals surface area contributed by atoms with E-state index in [2.05, 4.69) is 5.32 Å². The summed E-state index contributed by atoms with van der Waals surface area (Å²) >= 11 is 0. The molecule has 0 aliphatic carbocycles. The molecule has 1 fully saturated rings. The van der Waals surface area contributed by atoms with Crippen LogP contribution in [0.15, 0.2) is 0 Å². The minimum Gasteiger partial charge on any atom is -0.396 e. The third kappa shape index (κ3) is 5.88. The topological polar surface area (TPSA) is 78.9 Å². The molecular weight excluding hydrogens is 260 g/mol. The van der Waals surface area contributed by atoms with Crippen molar-refractivity contribution in [3.05, 3.63) is 0 Å². The predicted octanol–water partition coefficient (Wildman–Crippen LogP) is 0.150. The molecule has 6 nitrogen and oxygen atoms in total. The summed E-state index contributed by atoms with van der Waals surface area (Å²) in [5.41, 5.74) is 0. The third-order valence-corrected chi connectivity index (χ3v) is 3.53. The maximum absolute atomic E-state index is 11.9. The van der Waals surface area contributed by atoms with E-state index in [1.807, 2.05) is 0 Å². The normalized spacial score (nSPS) is 18.6. The van der Waals surface area contributed by atoms with Gasteiger partial charge in [-0.1, -0.05) is 12.8 Å². The van der Waals surface area contributed by atoms with Gasteiger partial charge in [-0.25, -0.2) is 0 Å². The number of unbranched alkanes of at least 4 members (excludes halogenated alkanes) is 3. The second kappa shape index (κ2) is 9.72. The molecule has 20 heavy (non-hydrogen) atoms. The number of rotatable bonds is 10. The van der Waals surface area contributed by atoms with Gasteiger partial charge in [0.05, 0.1) is 12.5 Å². The van der Waals surface area contributed by atoms with E-state index < -0.39 is 0 Å². The molecule has 6 heteroatoms. The van der Waals surface area contributed by atoms with Crippen molar-refractivity contribution in [1.29, 1.82) is 0 Å². The Hall–Kier alpha value is -1.14. The van der Waals surface area contributed by atoms with Gasteiger partial charge in [0.2, 0.25) is 11.8 Å². The Morgan fingerprint density at radius 1 is 1.40 bits per heavy atom. The first-order valence-corrected chi connectivity index (χ1v) is 7.34. The van der Waals surface area contributed by atoms with Crippen LogP contribution in [0.1, 0.15) is 32.1 Å². The van der Waals surface area contributed by atoms with Gasteiger partial charge in [-0.3, -0.25) is 9.59 Å². The van der Waals surface area contributed by atoms with E-state index in [4.69, 9.17) is 9.84 Å². The molecule has 0 aromatic heterocycles. The van der Waals surface area contributed by atoms with Gasteiger partial charge in [-0.05, 0) is 12.8 Å². The van der Waals surface area contributed by atoms with Crippen LogP contribution in [0.25, 0.3) is 0 Å². The zero-order valence-electron chi connectivity index (χ0n) is 12.3. The van der Waals surface area contributed by atoms with Crippen molar-refractivity contribution >= 4 is 11.8 Å². The van der Waals surface area contributed by atoms with Crippen LogP contribution in [0.4, 0.5) is 0 Å².